The van der Waals surface area contributed by atoms with Gasteiger partial charge in [0.1, 0.15) is 12.1 Å². The second-order valence-corrected chi connectivity index (χ2v) is 12.7. The van der Waals surface area contributed by atoms with Gasteiger partial charge in [-0.15, -0.1) is 0 Å². The fourth-order valence-electron chi connectivity index (χ4n) is 6.15. The lowest BCUT2D eigenvalue weighted by Crippen LogP contribution is -2.51. The quantitative estimate of drug-likeness (QED) is 0.147. The molecule has 0 spiro atoms. The standard InChI is InChI=1S/C20H29BF2N2O4.C14H17F2NO2.CH4/c1-12(2)16(24-21(4)28)20(27)29-17(18(22)23)15-10-11-25(19(15)26)13(3)14-8-6-5-7-9-14;1-9(10-5-3-2-4-6-10)17-8-7-11(14(17)19)12(18)13(15)16;/h5-9,12-13,15-18,24,28H,10-11H2,1-4H3;2-6,9,11-13,18H,7-8H2,1H3;1H4/t13-,15?,16+,17?;9-,11?,12?;/m11./s1. The number of aliphatic hydroxyl groups excluding tert-OH is 1. The molecule has 49 heavy (non-hydrogen) atoms. The Balaban J connectivity index is 0.000000361. The molecule has 14 heteroatoms. The van der Waals surface area contributed by atoms with E-state index in [-0.39, 0.29) is 44.2 Å². The van der Waals surface area contributed by atoms with E-state index in [4.69, 9.17) is 4.74 Å². The van der Waals surface area contributed by atoms with Crippen molar-refractivity contribution in [1.82, 2.24) is 15.0 Å². The molecular formula is C35H50BF4N3O6. The van der Waals surface area contributed by atoms with Crippen molar-refractivity contribution >= 4 is 24.8 Å². The van der Waals surface area contributed by atoms with Gasteiger partial charge in [-0.05, 0) is 50.6 Å². The van der Waals surface area contributed by atoms with E-state index in [9.17, 15) is 42.1 Å². The van der Waals surface area contributed by atoms with Crippen LogP contribution >= 0.6 is 0 Å². The number of esters is 1. The number of aliphatic hydroxyl groups is 1. The van der Waals surface area contributed by atoms with Crippen molar-refractivity contribution in [2.24, 2.45) is 17.8 Å². The summed E-state index contributed by atoms with van der Waals surface area (Å²) in [5, 5.41) is 21.5. The third-order valence-electron chi connectivity index (χ3n) is 8.97. The minimum Gasteiger partial charge on any atom is -0.454 e. The van der Waals surface area contributed by atoms with Crippen LogP contribution in [0.25, 0.3) is 0 Å². The number of halogens is 4. The van der Waals surface area contributed by atoms with Crippen LogP contribution in [-0.4, -0.2) is 89.0 Å². The number of amides is 2. The van der Waals surface area contributed by atoms with Crippen molar-refractivity contribution in [1.29, 1.82) is 0 Å². The molecule has 2 heterocycles. The number of ether oxygens (including phenoxy) is 1. The molecule has 0 aliphatic carbocycles. The van der Waals surface area contributed by atoms with Crippen molar-refractivity contribution in [3.8, 4) is 0 Å². The number of alkyl halides is 4. The number of carbonyl (C=O) groups is 3. The van der Waals surface area contributed by atoms with Crippen molar-refractivity contribution in [3.63, 3.8) is 0 Å². The van der Waals surface area contributed by atoms with E-state index in [1.807, 2.05) is 74.5 Å². The molecular weight excluding hydrogens is 645 g/mol. The van der Waals surface area contributed by atoms with Crippen molar-refractivity contribution in [3.05, 3.63) is 71.8 Å². The lowest BCUT2D eigenvalue weighted by molar-refractivity contribution is -0.168. The van der Waals surface area contributed by atoms with Gasteiger partial charge in [0.2, 0.25) is 11.8 Å². The van der Waals surface area contributed by atoms with Gasteiger partial charge < -0.3 is 29.9 Å². The van der Waals surface area contributed by atoms with Gasteiger partial charge >= 0.3 is 13.0 Å². The second-order valence-electron chi connectivity index (χ2n) is 12.7. The first-order valence-electron chi connectivity index (χ1n) is 16.2. The van der Waals surface area contributed by atoms with E-state index >= 15 is 0 Å². The SMILES string of the molecule is C.CB(O)N[C@H](C(=O)OC(C(F)F)C1CCN([C@H](C)c2ccccc2)C1=O)C(C)C.C[C@H](c1ccccc1)N1CCC(C(O)C(F)F)C1=O. The predicted octanol–water partition coefficient (Wildman–Crippen LogP) is 5.36. The first-order valence-corrected chi connectivity index (χ1v) is 16.2. The zero-order valence-electron chi connectivity index (χ0n) is 27.9. The molecule has 7 atom stereocenters. The van der Waals surface area contributed by atoms with Gasteiger partial charge in [0.15, 0.2) is 6.10 Å². The first kappa shape index (κ1) is 41.7. The van der Waals surface area contributed by atoms with E-state index in [0.29, 0.717) is 13.1 Å². The first-order chi connectivity index (χ1) is 22.6. The van der Waals surface area contributed by atoms with Gasteiger partial charge in [-0.1, -0.05) is 81.9 Å². The third-order valence-corrected chi connectivity index (χ3v) is 8.97. The van der Waals surface area contributed by atoms with Crippen molar-refractivity contribution in [2.75, 3.05) is 13.1 Å². The lowest BCUT2D eigenvalue weighted by atomic mass is 9.85. The van der Waals surface area contributed by atoms with E-state index in [1.54, 1.807) is 23.6 Å². The Kier molecular flexibility index (Phi) is 16.2. The highest BCUT2D eigenvalue weighted by Gasteiger charge is 2.46. The topological polar surface area (TPSA) is 119 Å². The van der Waals surface area contributed by atoms with Gasteiger partial charge in [-0.3, -0.25) is 14.4 Å². The van der Waals surface area contributed by atoms with E-state index in [2.05, 4.69) is 5.23 Å². The fraction of sp³-hybridized carbons (Fsp3) is 0.571. The van der Waals surface area contributed by atoms with Gasteiger partial charge in [0.05, 0.1) is 23.9 Å². The number of nitrogens with one attached hydrogen (secondary N) is 1. The maximum atomic E-state index is 13.7. The number of nitrogens with zero attached hydrogens (tertiary/aromatic N) is 2. The van der Waals surface area contributed by atoms with Crippen LogP contribution in [0.4, 0.5) is 17.6 Å². The average molecular weight is 696 g/mol. The predicted molar refractivity (Wildman–Crippen MR) is 180 cm³/mol. The number of rotatable bonds is 13. The molecule has 0 saturated carbocycles. The van der Waals surface area contributed by atoms with E-state index in [1.165, 1.54) is 6.82 Å². The zero-order chi connectivity index (χ0) is 35.7. The Labute approximate surface area is 287 Å². The van der Waals surface area contributed by atoms with Crippen LogP contribution in [0.5, 0.6) is 0 Å². The molecule has 4 rings (SSSR count). The molecule has 2 aromatic rings. The summed E-state index contributed by atoms with van der Waals surface area (Å²) in [6.45, 7) is 9.29. The second kappa shape index (κ2) is 19.1. The van der Waals surface area contributed by atoms with Crippen molar-refractivity contribution in [2.45, 2.75) is 98.0 Å². The molecule has 4 unspecified atom stereocenters. The minimum absolute atomic E-state index is 0. The third kappa shape index (κ3) is 10.7. The molecule has 2 fully saturated rings. The molecule has 2 saturated heterocycles. The Morgan fingerprint density at radius 1 is 0.816 bits per heavy atom. The number of hydrogen-bond donors (Lipinski definition) is 3. The normalized spacial score (nSPS) is 20.8. The number of hydrogen-bond acceptors (Lipinski definition) is 7. The van der Waals surface area contributed by atoms with Gasteiger partial charge in [-0.25, -0.2) is 17.6 Å². The fourth-order valence-corrected chi connectivity index (χ4v) is 6.15. The molecule has 0 bridgehead atoms. The smallest absolute Gasteiger partial charge is 0.374 e. The van der Waals surface area contributed by atoms with Crippen LogP contribution in [0.15, 0.2) is 60.7 Å². The van der Waals surface area contributed by atoms with Gasteiger partial charge in [-0.2, -0.15) is 0 Å². The van der Waals surface area contributed by atoms with Crippen LogP contribution in [0.2, 0.25) is 6.82 Å². The van der Waals surface area contributed by atoms with Crippen LogP contribution in [0.1, 0.15) is 71.2 Å². The molecule has 9 nitrogen and oxygen atoms in total. The van der Waals surface area contributed by atoms with Crippen LogP contribution in [0.3, 0.4) is 0 Å². The summed E-state index contributed by atoms with van der Waals surface area (Å²) in [4.78, 5) is 40.6. The highest BCUT2D eigenvalue weighted by molar-refractivity contribution is 6.46. The van der Waals surface area contributed by atoms with Gasteiger partial charge in [0.25, 0.3) is 12.9 Å². The monoisotopic (exact) mass is 695 g/mol. The lowest BCUT2D eigenvalue weighted by Gasteiger charge is -2.28. The Bertz CT molecular complexity index is 1330. The molecule has 272 valence electrons. The maximum Gasteiger partial charge on any atom is 0.374 e. The van der Waals surface area contributed by atoms with Gasteiger partial charge in [0, 0.05) is 13.1 Å². The summed E-state index contributed by atoms with van der Waals surface area (Å²) in [6.07, 6.45) is -9.07. The van der Waals surface area contributed by atoms with E-state index < -0.39 is 61.9 Å². The summed E-state index contributed by atoms with van der Waals surface area (Å²) < 4.78 is 57.6. The highest BCUT2D eigenvalue weighted by atomic mass is 19.3. The summed E-state index contributed by atoms with van der Waals surface area (Å²) in [5.41, 5.74) is 1.87. The maximum absolute atomic E-state index is 13.7. The Morgan fingerprint density at radius 3 is 1.63 bits per heavy atom. The Morgan fingerprint density at radius 2 is 1.24 bits per heavy atom. The molecule has 2 aliphatic rings. The van der Waals surface area contributed by atoms with Crippen LogP contribution in [-0.2, 0) is 19.1 Å². The Hall–Kier alpha value is -3.49. The van der Waals surface area contributed by atoms with Crippen LogP contribution < -0.4 is 5.23 Å². The number of likely N-dealkylation sites (tertiary alicyclic amines) is 2. The summed E-state index contributed by atoms with van der Waals surface area (Å²) in [5.74, 6) is -4.08. The molecule has 2 aromatic carbocycles. The summed E-state index contributed by atoms with van der Waals surface area (Å²) >= 11 is 0. The molecule has 3 N–H and O–H groups in total. The minimum atomic E-state index is -2.99. The zero-order valence-corrected chi connectivity index (χ0v) is 27.9. The molecule has 0 radical (unpaired) electrons. The van der Waals surface area contributed by atoms with E-state index in [0.717, 1.165) is 11.1 Å². The number of carbonyl (C=O) groups excluding carboxylic acids is 3. The summed E-state index contributed by atoms with van der Waals surface area (Å²) in [7, 11) is -1.00. The van der Waals surface area contributed by atoms with Crippen LogP contribution in [0, 0.1) is 17.8 Å². The highest BCUT2D eigenvalue weighted by Crippen LogP contribution is 2.34. The summed E-state index contributed by atoms with van der Waals surface area (Å²) in [6, 6.07) is 17.4. The molecule has 2 amide bonds. The number of benzene rings is 2. The molecule has 0 aromatic heterocycles. The van der Waals surface area contributed by atoms with Crippen molar-refractivity contribution < 1.29 is 46.8 Å². The molecule has 2 aliphatic heterocycles. The largest absolute Gasteiger partial charge is 0.454 e. The average Bonchev–Trinajstić information content (AvgIpc) is 3.63.